The summed E-state index contributed by atoms with van der Waals surface area (Å²) < 4.78 is 11.7. The number of hydrogen-bond donors (Lipinski definition) is 1. The molecule has 1 N–H and O–H groups in total. The van der Waals surface area contributed by atoms with Crippen LogP contribution in [0.3, 0.4) is 0 Å². The molecule has 2 aromatic carbocycles. The Kier molecular flexibility index (Phi) is 5.37. The lowest BCUT2D eigenvalue weighted by molar-refractivity contribution is 0.179. The average Bonchev–Trinajstić information content (AvgIpc) is 3.24. The van der Waals surface area contributed by atoms with Crippen LogP contribution in [0.1, 0.15) is 54.7 Å². The van der Waals surface area contributed by atoms with Crippen molar-refractivity contribution in [2.75, 3.05) is 0 Å². The fraction of sp³-hybridized carbons (Fsp3) is 0.318. The van der Waals surface area contributed by atoms with Crippen LogP contribution in [0.4, 0.5) is 0 Å². The Hall–Kier alpha value is -2.01. The molecule has 3 aromatic rings. The number of halogens is 2. The van der Waals surface area contributed by atoms with Crippen LogP contribution >= 0.6 is 23.2 Å². The number of aryl methyl sites for hydroxylation is 1. The lowest BCUT2D eigenvalue weighted by Crippen LogP contribution is -2.02. The summed E-state index contributed by atoms with van der Waals surface area (Å²) in [6.07, 6.45) is 1.24. The van der Waals surface area contributed by atoms with Crippen LogP contribution in [0.25, 0.3) is 11.3 Å². The first-order chi connectivity index (χ1) is 13.5. The van der Waals surface area contributed by atoms with Gasteiger partial charge in [0.05, 0.1) is 21.7 Å². The van der Waals surface area contributed by atoms with Gasteiger partial charge < -0.3 is 14.4 Å². The first kappa shape index (κ1) is 19.3. The molecule has 28 heavy (non-hydrogen) atoms. The Labute approximate surface area is 174 Å². The van der Waals surface area contributed by atoms with Crippen LogP contribution in [0, 0.1) is 0 Å². The van der Waals surface area contributed by atoms with Gasteiger partial charge in [-0.2, -0.15) is 0 Å². The van der Waals surface area contributed by atoms with Gasteiger partial charge in [-0.25, -0.2) is 0 Å². The maximum absolute atomic E-state index is 10.1. The second-order valence-corrected chi connectivity index (χ2v) is 8.14. The molecule has 1 unspecified atom stereocenters. The maximum Gasteiger partial charge on any atom is 0.146 e. The zero-order valence-electron chi connectivity index (χ0n) is 15.7. The molecule has 0 saturated carbocycles. The number of ether oxygens (including phenoxy) is 1. The number of benzene rings is 2. The van der Waals surface area contributed by atoms with E-state index in [0.717, 1.165) is 29.7 Å². The van der Waals surface area contributed by atoms with Crippen LogP contribution < -0.4 is 4.74 Å². The van der Waals surface area contributed by atoms with Crippen molar-refractivity contribution in [1.82, 2.24) is 5.16 Å². The van der Waals surface area contributed by atoms with Gasteiger partial charge in [0.15, 0.2) is 0 Å². The third kappa shape index (κ3) is 3.52. The van der Waals surface area contributed by atoms with E-state index in [1.54, 1.807) is 18.2 Å². The topological polar surface area (TPSA) is 55.5 Å². The highest BCUT2D eigenvalue weighted by atomic mass is 35.5. The van der Waals surface area contributed by atoms with E-state index in [2.05, 4.69) is 5.16 Å². The fourth-order valence-electron chi connectivity index (χ4n) is 3.64. The first-order valence-corrected chi connectivity index (χ1v) is 10.1. The Morgan fingerprint density at radius 3 is 2.68 bits per heavy atom. The minimum atomic E-state index is -0.419. The Morgan fingerprint density at radius 1 is 1.21 bits per heavy atom. The minimum absolute atomic E-state index is 0.128. The molecule has 1 aliphatic rings. The fourth-order valence-corrected chi connectivity index (χ4v) is 4.22. The summed E-state index contributed by atoms with van der Waals surface area (Å²) in [6, 6.07) is 11.2. The van der Waals surface area contributed by atoms with E-state index < -0.39 is 6.10 Å². The zero-order valence-corrected chi connectivity index (χ0v) is 17.2. The number of aliphatic hydroxyl groups is 1. The SMILES string of the molecule is CC(C)c1onc(-c2c(Cl)cccc2Cl)c1COc1ccc2c(c1)C(O)CC2. The monoisotopic (exact) mass is 417 g/mol. The molecule has 1 heterocycles. The summed E-state index contributed by atoms with van der Waals surface area (Å²) in [5, 5.41) is 15.4. The first-order valence-electron chi connectivity index (χ1n) is 9.32. The lowest BCUT2D eigenvalue weighted by atomic mass is 10.0. The van der Waals surface area contributed by atoms with Crippen molar-refractivity contribution in [1.29, 1.82) is 0 Å². The van der Waals surface area contributed by atoms with Crippen LogP contribution in [0.5, 0.6) is 5.75 Å². The molecule has 0 saturated heterocycles. The van der Waals surface area contributed by atoms with Crippen molar-refractivity contribution in [3.05, 3.63) is 68.9 Å². The second-order valence-electron chi connectivity index (χ2n) is 7.33. The van der Waals surface area contributed by atoms with Gasteiger partial charge in [-0.1, -0.05) is 54.3 Å². The van der Waals surface area contributed by atoms with E-state index in [1.165, 1.54) is 5.56 Å². The molecule has 0 aliphatic heterocycles. The van der Waals surface area contributed by atoms with Crippen LogP contribution in [0.2, 0.25) is 10.0 Å². The Bertz CT molecular complexity index is 993. The van der Waals surface area contributed by atoms with E-state index >= 15 is 0 Å². The molecule has 1 aromatic heterocycles. The molecule has 1 atom stereocenters. The molecular formula is C22H21Cl2NO3. The highest BCUT2D eigenvalue weighted by molar-refractivity contribution is 6.39. The third-order valence-electron chi connectivity index (χ3n) is 5.09. The van der Waals surface area contributed by atoms with Crippen molar-refractivity contribution in [3.8, 4) is 17.0 Å². The van der Waals surface area contributed by atoms with E-state index in [9.17, 15) is 5.11 Å². The summed E-state index contributed by atoms with van der Waals surface area (Å²) >= 11 is 12.8. The second kappa shape index (κ2) is 7.78. The molecular weight excluding hydrogens is 397 g/mol. The zero-order chi connectivity index (χ0) is 19.8. The third-order valence-corrected chi connectivity index (χ3v) is 5.72. The maximum atomic E-state index is 10.1. The van der Waals surface area contributed by atoms with Gasteiger partial charge >= 0.3 is 0 Å². The normalized spacial score (nSPS) is 15.9. The van der Waals surface area contributed by atoms with Gasteiger partial charge in [-0.3, -0.25) is 0 Å². The van der Waals surface area contributed by atoms with Crippen LogP contribution in [-0.4, -0.2) is 10.3 Å². The largest absolute Gasteiger partial charge is 0.489 e. The molecule has 0 fully saturated rings. The molecule has 0 radical (unpaired) electrons. The molecule has 6 heteroatoms. The molecule has 0 bridgehead atoms. The van der Waals surface area contributed by atoms with Crippen molar-refractivity contribution in [2.24, 2.45) is 0 Å². The lowest BCUT2D eigenvalue weighted by Gasteiger charge is -2.12. The highest BCUT2D eigenvalue weighted by Crippen LogP contribution is 2.39. The summed E-state index contributed by atoms with van der Waals surface area (Å²) in [4.78, 5) is 0. The number of nitrogens with zero attached hydrogens (tertiary/aromatic N) is 1. The predicted octanol–water partition coefficient (Wildman–Crippen LogP) is 6.33. The highest BCUT2D eigenvalue weighted by Gasteiger charge is 2.24. The number of aromatic nitrogens is 1. The molecule has 4 rings (SSSR count). The summed E-state index contributed by atoms with van der Waals surface area (Å²) in [5.74, 6) is 1.57. The number of hydrogen-bond acceptors (Lipinski definition) is 4. The predicted molar refractivity (Wildman–Crippen MR) is 110 cm³/mol. The number of rotatable bonds is 5. The Balaban J connectivity index is 1.68. The van der Waals surface area contributed by atoms with Crippen molar-refractivity contribution in [2.45, 2.75) is 45.3 Å². The Morgan fingerprint density at radius 2 is 1.96 bits per heavy atom. The van der Waals surface area contributed by atoms with Gasteiger partial charge in [0.1, 0.15) is 23.8 Å². The molecule has 0 spiro atoms. The average molecular weight is 418 g/mol. The van der Waals surface area contributed by atoms with Gasteiger partial charge in [-0.15, -0.1) is 0 Å². The summed E-state index contributed by atoms with van der Waals surface area (Å²) in [7, 11) is 0. The number of fused-ring (bicyclic) bond motifs is 1. The van der Waals surface area contributed by atoms with Crippen molar-refractivity contribution >= 4 is 23.2 Å². The molecule has 1 aliphatic carbocycles. The van der Waals surface area contributed by atoms with Gasteiger partial charge in [-0.05, 0) is 48.2 Å². The smallest absolute Gasteiger partial charge is 0.146 e. The van der Waals surface area contributed by atoms with Crippen molar-refractivity contribution < 1.29 is 14.4 Å². The van der Waals surface area contributed by atoms with E-state index in [0.29, 0.717) is 27.1 Å². The van der Waals surface area contributed by atoms with E-state index in [4.69, 9.17) is 32.5 Å². The van der Waals surface area contributed by atoms with Gasteiger partial charge in [0.2, 0.25) is 0 Å². The summed E-state index contributed by atoms with van der Waals surface area (Å²) in [6.45, 7) is 4.34. The van der Waals surface area contributed by atoms with E-state index in [-0.39, 0.29) is 12.5 Å². The van der Waals surface area contributed by atoms with Gasteiger partial charge in [0.25, 0.3) is 0 Å². The summed E-state index contributed by atoms with van der Waals surface area (Å²) in [5.41, 5.74) is 4.19. The number of aliphatic hydroxyl groups excluding tert-OH is 1. The molecule has 4 nitrogen and oxygen atoms in total. The van der Waals surface area contributed by atoms with E-state index in [1.807, 2.05) is 32.0 Å². The van der Waals surface area contributed by atoms with Crippen molar-refractivity contribution in [3.63, 3.8) is 0 Å². The quantitative estimate of drug-likeness (QED) is 0.526. The minimum Gasteiger partial charge on any atom is -0.489 e. The standard InChI is InChI=1S/C22H21Cl2NO3/c1-12(2)22-16(21(25-28-22)20-17(23)4-3-5-18(20)24)11-27-14-8-6-13-7-9-19(26)15(13)10-14/h3-6,8,10,12,19,26H,7,9,11H2,1-2H3. The van der Waals surface area contributed by atoms with Crippen LogP contribution in [-0.2, 0) is 13.0 Å². The van der Waals surface area contributed by atoms with Crippen LogP contribution in [0.15, 0.2) is 40.9 Å². The molecule has 0 amide bonds. The van der Waals surface area contributed by atoms with Gasteiger partial charge in [0, 0.05) is 11.5 Å². The molecule has 146 valence electrons.